The van der Waals surface area contributed by atoms with Crippen LogP contribution in [-0.4, -0.2) is 6.04 Å². The van der Waals surface area contributed by atoms with Gasteiger partial charge in [-0.25, -0.2) is 0 Å². The minimum atomic E-state index is 0.468. The second-order valence-electron chi connectivity index (χ2n) is 4.73. The summed E-state index contributed by atoms with van der Waals surface area (Å²) in [6.07, 6.45) is 5.03. The van der Waals surface area contributed by atoms with E-state index in [2.05, 4.69) is 18.3 Å². The van der Waals surface area contributed by atoms with Crippen LogP contribution in [0.25, 0.3) is 0 Å². The minimum Gasteiger partial charge on any atom is -0.381 e. The normalized spacial score (nSPS) is 16.3. The Hall–Kier alpha value is -1.20. The molecule has 1 unspecified atom stereocenters. The summed E-state index contributed by atoms with van der Waals surface area (Å²) in [6, 6.07) is 8.10. The van der Waals surface area contributed by atoms with Gasteiger partial charge in [0.15, 0.2) is 0 Å². The van der Waals surface area contributed by atoms with Crippen LogP contribution in [0.1, 0.15) is 38.2 Å². The molecular formula is C14H17ClN2. The average Bonchev–Trinajstić information content (AvgIpc) is 3.14. The first-order valence-electron chi connectivity index (χ1n) is 6.19. The minimum absolute atomic E-state index is 0.468. The summed E-state index contributed by atoms with van der Waals surface area (Å²) in [7, 11) is 0. The fourth-order valence-electron chi connectivity index (χ4n) is 2.04. The third kappa shape index (κ3) is 3.38. The Kier molecular flexibility index (Phi) is 3.91. The van der Waals surface area contributed by atoms with Gasteiger partial charge in [0.05, 0.1) is 11.3 Å². The third-order valence-electron chi connectivity index (χ3n) is 3.27. The molecule has 2 rings (SSSR count). The molecule has 1 saturated carbocycles. The highest BCUT2D eigenvalue weighted by atomic mass is 35.5. The lowest BCUT2D eigenvalue weighted by Gasteiger charge is -2.19. The molecular weight excluding hydrogens is 232 g/mol. The zero-order valence-corrected chi connectivity index (χ0v) is 10.8. The van der Waals surface area contributed by atoms with E-state index in [0.29, 0.717) is 16.6 Å². The van der Waals surface area contributed by atoms with E-state index in [0.717, 1.165) is 18.0 Å². The lowest BCUT2D eigenvalue weighted by Crippen LogP contribution is -2.19. The fraction of sp³-hybridized carbons (Fsp3) is 0.500. The fourth-order valence-corrected chi connectivity index (χ4v) is 2.21. The molecule has 1 aromatic rings. The predicted octanol–water partition coefficient (Wildman–Crippen LogP) is 4.20. The van der Waals surface area contributed by atoms with Gasteiger partial charge in [-0.2, -0.15) is 5.26 Å². The maximum absolute atomic E-state index is 9.07. The van der Waals surface area contributed by atoms with Crippen LogP contribution >= 0.6 is 11.6 Å². The van der Waals surface area contributed by atoms with E-state index in [1.165, 1.54) is 19.3 Å². The van der Waals surface area contributed by atoms with Crippen LogP contribution in [0.4, 0.5) is 5.69 Å². The van der Waals surface area contributed by atoms with Crippen LogP contribution in [0.5, 0.6) is 0 Å². The number of benzene rings is 1. The van der Waals surface area contributed by atoms with E-state index in [1.807, 2.05) is 12.1 Å². The molecule has 0 aliphatic heterocycles. The van der Waals surface area contributed by atoms with Crippen molar-refractivity contribution in [1.82, 2.24) is 0 Å². The molecule has 1 aromatic carbocycles. The standard InChI is InChI=1S/C14H17ClN2/c1-2-13(7-10-3-4-10)17-14-6-5-12(15)8-11(14)9-16/h5-6,8,10,13,17H,2-4,7H2,1H3. The van der Waals surface area contributed by atoms with E-state index in [-0.39, 0.29) is 0 Å². The molecule has 0 saturated heterocycles. The van der Waals surface area contributed by atoms with E-state index < -0.39 is 0 Å². The molecule has 0 heterocycles. The van der Waals surface area contributed by atoms with Gasteiger partial charge < -0.3 is 5.32 Å². The van der Waals surface area contributed by atoms with Crippen LogP contribution in [0, 0.1) is 17.2 Å². The maximum Gasteiger partial charge on any atom is 0.101 e. The lowest BCUT2D eigenvalue weighted by atomic mass is 10.1. The van der Waals surface area contributed by atoms with Gasteiger partial charge in [0.2, 0.25) is 0 Å². The topological polar surface area (TPSA) is 35.8 Å². The largest absolute Gasteiger partial charge is 0.381 e. The van der Waals surface area contributed by atoms with Gasteiger partial charge in [-0.1, -0.05) is 31.4 Å². The average molecular weight is 249 g/mol. The number of nitrogens with one attached hydrogen (secondary N) is 1. The second kappa shape index (κ2) is 5.42. The van der Waals surface area contributed by atoms with Gasteiger partial charge in [0.1, 0.15) is 6.07 Å². The number of nitrogens with zero attached hydrogens (tertiary/aromatic N) is 1. The van der Waals surface area contributed by atoms with Crippen molar-refractivity contribution >= 4 is 17.3 Å². The van der Waals surface area contributed by atoms with Crippen molar-refractivity contribution in [2.75, 3.05) is 5.32 Å². The van der Waals surface area contributed by atoms with E-state index in [4.69, 9.17) is 16.9 Å². The molecule has 3 heteroatoms. The van der Waals surface area contributed by atoms with Gasteiger partial charge >= 0.3 is 0 Å². The van der Waals surface area contributed by atoms with Gasteiger partial charge in [0.25, 0.3) is 0 Å². The summed E-state index contributed by atoms with van der Waals surface area (Å²) in [5.74, 6) is 0.894. The van der Waals surface area contributed by atoms with Crippen LogP contribution in [0.15, 0.2) is 18.2 Å². The highest BCUT2D eigenvalue weighted by Gasteiger charge is 2.24. The predicted molar refractivity (Wildman–Crippen MR) is 71.2 cm³/mol. The molecule has 1 N–H and O–H groups in total. The number of anilines is 1. The summed E-state index contributed by atoms with van der Waals surface area (Å²) in [6.45, 7) is 2.18. The van der Waals surface area contributed by atoms with Crippen LogP contribution < -0.4 is 5.32 Å². The first kappa shape index (κ1) is 12.3. The summed E-state index contributed by atoms with van der Waals surface area (Å²) < 4.78 is 0. The monoisotopic (exact) mass is 248 g/mol. The Bertz CT molecular complexity index is 432. The molecule has 0 radical (unpaired) electrons. The summed E-state index contributed by atoms with van der Waals surface area (Å²) in [4.78, 5) is 0. The molecule has 0 bridgehead atoms. The highest BCUT2D eigenvalue weighted by molar-refractivity contribution is 6.30. The third-order valence-corrected chi connectivity index (χ3v) is 3.50. The van der Waals surface area contributed by atoms with E-state index in [1.54, 1.807) is 6.07 Å². The van der Waals surface area contributed by atoms with Crippen molar-refractivity contribution in [3.05, 3.63) is 28.8 Å². The Morgan fingerprint density at radius 2 is 2.29 bits per heavy atom. The summed E-state index contributed by atoms with van der Waals surface area (Å²) in [5, 5.41) is 13.2. The second-order valence-corrected chi connectivity index (χ2v) is 5.17. The Balaban J connectivity index is 2.07. The number of nitriles is 1. The van der Waals surface area contributed by atoms with Crippen LogP contribution in [0.2, 0.25) is 5.02 Å². The molecule has 1 atom stereocenters. The first-order chi connectivity index (χ1) is 8.22. The SMILES string of the molecule is CCC(CC1CC1)Nc1ccc(Cl)cc1C#N. The zero-order valence-electron chi connectivity index (χ0n) is 10.0. The molecule has 0 spiro atoms. The van der Waals surface area contributed by atoms with Gasteiger partial charge in [-0.05, 0) is 37.0 Å². The molecule has 0 aromatic heterocycles. The van der Waals surface area contributed by atoms with Crippen molar-refractivity contribution in [2.45, 2.75) is 38.6 Å². The smallest absolute Gasteiger partial charge is 0.101 e. The van der Waals surface area contributed by atoms with Gasteiger partial charge in [0, 0.05) is 11.1 Å². The van der Waals surface area contributed by atoms with Crippen molar-refractivity contribution in [3.8, 4) is 6.07 Å². The van der Waals surface area contributed by atoms with Crippen molar-refractivity contribution < 1.29 is 0 Å². The number of hydrogen-bond donors (Lipinski definition) is 1. The summed E-state index contributed by atoms with van der Waals surface area (Å²) in [5.41, 5.74) is 1.54. The quantitative estimate of drug-likeness (QED) is 0.848. The maximum atomic E-state index is 9.07. The molecule has 0 amide bonds. The Morgan fingerprint density at radius 3 is 2.88 bits per heavy atom. The Labute approximate surface area is 108 Å². The lowest BCUT2D eigenvalue weighted by molar-refractivity contribution is 0.587. The summed E-state index contributed by atoms with van der Waals surface area (Å²) >= 11 is 5.88. The Morgan fingerprint density at radius 1 is 1.53 bits per heavy atom. The van der Waals surface area contributed by atoms with Gasteiger partial charge in [-0.15, -0.1) is 0 Å². The van der Waals surface area contributed by atoms with Crippen molar-refractivity contribution in [3.63, 3.8) is 0 Å². The molecule has 2 nitrogen and oxygen atoms in total. The molecule has 1 aliphatic rings. The van der Waals surface area contributed by atoms with Crippen molar-refractivity contribution in [1.29, 1.82) is 5.26 Å². The molecule has 17 heavy (non-hydrogen) atoms. The number of rotatable bonds is 5. The zero-order chi connectivity index (χ0) is 12.3. The molecule has 1 fully saturated rings. The van der Waals surface area contributed by atoms with Crippen LogP contribution in [-0.2, 0) is 0 Å². The molecule has 1 aliphatic carbocycles. The van der Waals surface area contributed by atoms with Crippen molar-refractivity contribution in [2.24, 2.45) is 5.92 Å². The number of halogens is 1. The van der Waals surface area contributed by atoms with E-state index >= 15 is 0 Å². The number of hydrogen-bond acceptors (Lipinski definition) is 2. The van der Waals surface area contributed by atoms with E-state index in [9.17, 15) is 0 Å². The molecule has 90 valence electrons. The van der Waals surface area contributed by atoms with Gasteiger partial charge in [-0.3, -0.25) is 0 Å². The van der Waals surface area contributed by atoms with Crippen LogP contribution in [0.3, 0.4) is 0 Å². The highest BCUT2D eigenvalue weighted by Crippen LogP contribution is 2.35. The first-order valence-corrected chi connectivity index (χ1v) is 6.57.